The van der Waals surface area contributed by atoms with Crippen LogP contribution in [0.2, 0.25) is 0 Å². The average Bonchev–Trinajstić information content (AvgIpc) is 2.89. The van der Waals surface area contributed by atoms with Crippen LogP contribution in [0.5, 0.6) is 0 Å². The Hall–Kier alpha value is -3.38. The van der Waals surface area contributed by atoms with Gasteiger partial charge in [0.05, 0.1) is 0 Å². The fourth-order valence-corrected chi connectivity index (χ4v) is 3.21. The van der Waals surface area contributed by atoms with E-state index in [9.17, 15) is 0 Å². The highest BCUT2D eigenvalue weighted by molar-refractivity contribution is 5.76. The Morgan fingerprint density at radius 1 is 0.833 bits per heavy atom. The molecule has 2 aromatic rings. The van der Waals surface area contributed by atoms with Crippen molar-refractivity contribution in [3.05, 3.63) is 151 Å². The molecule has 0 aliphatic heterocycles. The molecule has 2 aromatic carbocycles. The summed E-state index contributed by atoms with van der Waals surface area (Å²) in [5, 5.41) is 0. The molecule has 0 amide bonds. The van der Waals surface area contributed by atoms with E-state index >= 15 is 0 Å². The Morgan fingerprint density at radius 3 is 1.81 bits per heavy atom. The second-order valence-corrected chi connectivity index (χ2v) is 9.09. The van der Waals surface area contributed by atoms with Crippen LogP contribution < -0.4 is 0 Å². The van der Waals surface area contributed by atoms with E-state index in [4.69, 9.17) is 0 Å². The van der Waals surface area contributed by atoms with Gasteiger partial charge in [0.15, 0.2) is 0 Å². The molecule has 2 rings (SSSR count). The predicted molar refractivity (Wildman–Crippen MR) is 166 cm³/mol. The van der Waals surface area contributed by atoms with Crippen LogP contribution in [0.3, 0.4) is 0 Å². The van der Waals surface area contributed by atoms with Gasteiger partial charge in [0, 0.05) is 0 Å². The lowest BCUT2D eigenvalue weighted by molar-refractivity contribution is 0.733. The van der Waals surface area contributed by atoms with Crippen molar-refractivity contribution in [3.8, 4) is 0 Å². The van der Waals surface area contributed by atoms with Gasteiger partial charge in [-0.15, -0.1) is 0 Å². The van der Waals surface area contributed by atoms with Crippen LogP contribution in [0.4, 0.5) is 0 Å². The lowest BCUT2D eigenvalue weighted by atomic mass is 9.98. The van der Waals surface area contributed by atoms with Gasteiger partial charge in [-0.25, -0.2) is 0 Å². The predicted octanol–water partition coefficient (Wildman–Crippen LogP) is 11.5. The Labute approximate surface area is 222 Å². The summed E-state index contributed by atoms with van der Waals surface area (Å²) in [4.78, 5) is 0. The molecule has 0 aromatic heterocycles. The molecular formula is C36H48. The third kappa shape index (κ3) is 14.8. The van der Waals surface area contributed by atoms with Crippen LogP contribution in [0, 0.1) is 0 Å². The van der Waals surface area contributed by atoms with Gasteiger partial charge in [-0.3, -0.25) is 0 Å². The number of hydrogen-bond donors (Lipinski definition) is 0. The number of allylic oxidation sites excluding steroid dienone is 10. The topological polar surface area (TPSA) is 0 Å². The maximum atomic E-state index is 4.19. The standard InChI is InChI=1S/C21H26.C10H14.C5H8/c1-6-11-17(3)15-18(4)19(5)16-21(12-7-2)20-13-9-8-10-14-20;1-3-9(2)10-7-5-4-6-8-10;1-4-5(2)3/h7-10,12-16H,2,4,6,11H2,1,3,5H3;4-9H,3H2,1-2H3;4H,1-2H2,3H3/b17-15-,19-16+,21-12+;;. The van der Waals surface area contributed by atoms with Crippen LogP contribution in [-0.4, -0.2) is 0 Å². The highest BCUT2D eigenvalue weighted by atomic mass is 14.1. The molecule has 0 spiro atoms. The van der Waals surface area contributed by atoms with Crippen molar-refractivity contribution < 1.29 is 0 Å². The van der Waals surface area contributed by atoms with E-state index in [2.05, 4.69) is 128 Å². The summed E-state index contributed by atoms with van der Waals surface area (Å²) >= 11 is 0. The van der Waals surface area contributed by atoms with Gasteiger partial charge in [0.1, 0.15) is 0 Å². The van der Waals surface area contributed by atoms with Crippen molar-refractivity contribution in [1.82, 2.24) is 0 Å². The van der Waals surface area contributed by atoms with Crippen molar-refractivity contribution in [2.45, 2.75) is 66.7 Å². The Morgan fingerprint density at radius 2 is 1.36 bits per heavy atom. The van der Waals surface area contributed by atoms with E-state index in [0.717, 1.165) is 23.1 Å². The van der Waals surface area contributed by atoms with Crippen molar-refractivity contribution in [2.24, 2.45) is 0 Å². The SMILES string of the molecule is C=C/C=C(\C=C(/C)C(=C)/C=C(/C)CCC)c1ccccc1.C=CC(=C)C.CCC(C)c1ccccc1. The zero-order chi connectivity index (χ0) is 27.3. The summed E-state index contributed by atoms with van der Waals surface area (Å²) in [5.41, 5.74) is 8.46. The van der Waals surface area contributed by atoms with Gasteiger partial charge in [-0.2, -0.15) is 0 Å². The van der Waals surface area contributed by atoms with E-state index in [-0.39, 0.29) is 0 Å². The molecule has 0 saturated carbocycles. The minimum absolute atomic E-state index is 0.709. The molecule has 0 fully saturated rings. The first-order chi connectivity index (χ1) is 17.2. The molecule has 192 valence electrons. The molecule has 0 saturated heterocycles. The minimum atomic E-state index is 0.709. The van der Waals surface area contributed by atoms with Crippen LogP contribution in [0.15, 0.2) is 140 Å². The molecule has 0 heterocycles. The zero-order valence-electron chi connectivity index (χ0n) is 23.7. The highest BCUT2D eigenvalue weighted by Gasteiger charge is 2.01. The van der Waals surface area contributed by atoms with Gasteiger partial charge in [0.25, 0.3) is 0 Å². The number of benzene rings is 2. The zero-order valence-corrected chi connectivity index (χ0v) is 23.7. The first-order valence-corrected chi connectivity index (χ1v) is 13.0. The molecule has 36 heavy (non-hydrogen) atoms. The summed E-state index contributed by atoms with van der Waals surface area (Å²) < 4.78 is 0. The second kappa shape index (κ2) is 19.9. The Balaban J connectivity index is 0.000000670. The van der Waals surface area contributed by atoms with Crippen LogP contribution in [0.1, 0.15) is 77.8 Å². The molecule has 0 heteroatoms. The first-order valence-electron chi connectivity index (χ1n) is 13.0. The molecular weight excluding hydrogens is 432 g/mol. The number of rotatable bonds is 10. The van der Waals surface area contributed by atoms with Crippen molar-refractivity contribution >= 4 is 5.57 Å². The van der Waals surface area contributed by atoms with Crippen molar-refractivity contribution in [2.75, 3.05) is 0 Å². The van der Waals surface area contributed by atoms with E-state index in [1.165, 1.54) is 35.1 Å². The average molecular weight is 481 g/mol. The highest BCUT2D eigenvalue weighted by Crippen LogP contribution is 2.22. The fourth-order valence-electron chi connectivity index (χ4n) is 3.21. The monoisotopic (exact) mass is 480 g/mol. The Kier molecular flexibility index (Phi) is 18.0. The quantitative estimate of drug-likeness (QED) is 0.297. The third-order valence-electron chi connectivity index (χ3n) is 5.68. The summed E-state index contributed by atoms with van der Waals surface area (Å²) in [7, 11) is 0. The summed E-state index contributed by atoms with van der Waals surface area (Å²) in [6.45, 7) is 27.9. The van der Waals surface area contributed by atoms with Crippen LogP contribution in [0.25, 0.3) is 5.57 Å². The van der Waals surface area contributed by atoms with E-state index < -0.39 is 0 Å². The third-order valence-corrected chi connectivity index (χ3v) is 5.68. The molecule has 0 radical (unpaired) electrons. The Bertz CT molecular complexity index is 1010. The normalized spacial score (nSPS) is 12.2. The van der Waals surface area contributed by atoms with E-state index in [0.29, 0.717) is 5.92 Å². The van der Waals surface area contributed by atoms with Crippen molar-refractivity contribution in [3.63, 3.8) is 0 Å². The smallest absolute Gasteiger partial charge is 0.0181 e. The van der Waals surface area contributed by atoms with E-state index in [1.54, 1.807) is 6.08 Å². The maximum absolute atomic E-state index is 4.19. The molecule has 0 N–H and O–H groups in total. The molecule has 1 atom stereocenters. The summed E-state index contributed by atoms with van der Waals surface area (Å²) in [6.07, 6.45) is 13.5. The van der Waals surface area contributed by atoms with Crippen LogP contribution in [-0.2, 0) is 0 Å². The molecule has 0 aliphatic carbocycles. The van der Waals surface area contributed by atoms with Gasteiger partial charge >= 0.3 is 0 Å². The van der Waals surface area contributed by atoms with E-state index in [1.807, 2.05) is 25.1 Å². The molecule has 0 bridgehead atoms. The number of hydrogen-bond acceptors (Lipinski definition) is 0. The summed E-state index contributed by atoms with van der Waals surface area (Å²) in [6, 6.07) is 21.0. The lowest BCUT2D eigenvalue weighted by Gasteiger charge is -2.07. The van der Waals surface area contributed by atoms with Gasteiger partial charge in [0.2, 0.25) is 0 Å². The first kappa shape index (κ1) is 32.6. The van der Waals surface area contributed by atoms with Gasteiger partial charge in [-0.1, -0.05) is 156 Å². The molecule has 0 nitrogen and oxygen atoms in total. The van der Waals surface area contributed by atoms with Gasteiger partial charge < -0.3 is 0 Å². The largest absolute Gasteiger partial charge is 0.0990 e. The minimum Gasteiger partial charge on any atom is -0.0990 e. The lowest BCUT2D eigenvalue weighted by Crippen LogP contribution is -1.88. The van der Waals surface area contributed by atoms with Gasteiger partial charge in [-0.05, 0) is 67.4 Å². The molecule has 1 unspecified atom stereocenters. The van der Waals surface area contributed by atoms with Crippen molar-refractivity contribution in [1.29, 1.82) is 0 Å². The summed E-state index contributed by atoms with van der Waals surface area (Å²) in [5.74, 6) is 0.709. The second-order valence-electron chi connectivity index (χ2n) is 9.09. The molecule has 0 aliphatic rings. The maximum Gasteiger partial charge on any atom is -0.0181 e. The fraction of sp³-hybridized carbons (Fsp3) is 0.278. The van der Waals surface area contributed by atoms with Crippen LogP contribution >= 0.6 is 0 Å².